The van der Waals surface area contributed by atoms with Crippen molar-refractivity contribution in [2.24, 2.45) is 5.41 Å². The number of pyridine rings is 1. The average molecular weight is 472 g/mol. The van der Waals surface area contributed by atoms with Gasteiger partial charge in [-0.1, -0.05) is 6.92 Å². The van der Waals surface area contributed by atoms with Gasteiger partial charge in [-0.05, 0) is 24.3 Å². The van der Waals surface area contributed by atoms with Crippen LogP contribution in [-0.4, -0.2) is 75.2 Å². The zero-order chi connectivity index (χ0) is 22.9. The monoisotopic (exact) mass is 471 g/mol. The molecule has 10 heteroatoms. The standard InChI is InChI=1S/C22H25N5O3S2/c1-22(13-32(2)30)11-26(12-22)15-3-4-19-18(7-15)17(5-6-24-19)21(29)25-9-20(28)27-14-31-10-16(27)8-23/h3-7,16H,9-14H2,1-2H3,(H,25,29). The summed E-state index contributed by atoms with van der Waals surface area (Å²) in [6.45, 7) is 3.60. The number of hydrogen-bond donors (Lipinski definition) is 1. The maximum Gasteiger partial charge on any atom is 0.252 e. The van der Waals surface area contributed by atoms with Gasteiger partial charge in [-0.2, -0.15) is 5.26 Å². The van der Waals surface area contributed by atoms with E-state index in [4.69, 9.17) is 5.26 Å². The van der Waals surface area contributed by atoms with Crippen molar-refractivity contribution >= 4 is 51.0 Å². The minimum atomic E-state index is -0.837. The fourth-order valence-electron chi connectivity index (χ4n) is 4.32. The molecule has 2 aliphatic heterocycles. The van der Waals surface area contributed by atoms with Gasteiger partial charge in [-0.15, -0.1) is 11.8 Å². The number of nitriles is 1. The van der Waals surface area contributed by atoms with Crippen molar-refractivity contribution in [1.82, 2.24) is 15.2 Å². The van der Waals surface area contributed by atoms with Crippen molar-refractivity contribution in [2.75, 3.05) is 48.2 Å². The van der Waals surface area contributed by atoms with Crippen LogP contribution in [0.3, 0.4) is 0 Å². The van der Waals surface area contributed by atoms with Gasteiger partial charge in [0.1, 0.15) is 6.04 Å². The summed E-state index contributed by atoms with van der Waals surface area (Å²) >= 11 is 1.53. The van der Waals surface area contributed by atoms with Crippen LogP contribution in [0.2, 0.25) is 0 Å². The molecule has 3 heterocycles. The largest absolute Gasteiger partial charge is 0.370 e. The first kappa shape index (κ1) is 22.6. The number of fused-ring (bicyclic) bond motifs is 1. The van der Waals surface area contributed by atoms with Crippen LogP contribution >= 0.6 is 11.8 Å². The molecule has 32 heavy (non-hydrogen) atoms. The third kappa shape index (κ3) is 4.59. The number of nitrogens with one attached hydrogen (secondary N) is 1. The van der Waals surface area contributed by atoms with E-state index >= 15 is 0 Å². The average Bonchev–Trinajstić information content (AvgIpc) is 3.23. The summed E-state index contributed by atoms with van der Waals surface area (Å²) < 4.78 is 11.6. The molecule has 2 aliphatic rings. The molecule has 0 aliphatic carbocycles. The summed E-state index contributed by atoms with van der Waals surface area (Å²) in [6, 6.07) is 9.15. The number of thioether (sulfide) groups is 1. The number of benzene rings is 1. The van der Waals surface area contributed by atoms with E-state index in [-0.39, 0.29) is 23.8 Å². The Morgan fingerprint density at radius 2 is 2.16 bits per heavy atom. The van der Waals surface area contributed by atoms with E-state index in [9.17, 15) is 13.8 Å². The topological polar surface area (TPSA) is 106 Å². The number of hydrogen-bond acceptors (Lipinski definition) is 7. The van der Waals surface area contributed by atoms with Crippen LogP contribution in [0.1, 0.15) is 17.3 Å². The van der Waals surface area contributed by atoms with Crippen LogP contribution in [0.25, 0.3) is 10.9 Å². The zero-order valence-corrected chi connectivity index (χ0v) is 19.7. The predicted octanol–water partition coefficient (Wildman–Crippen LogP) is 1.59. The molecule has 2 atom stereocenters. The molecule has 1 N–H and O–H groups in total. The van der Waals surface area contributed by atoms with Crippen molar-refractivity contribution in [3.63, 3.8) is 0 Å². The third-order valence-corrected chi connectivity index (χ3v) is 7.90. The van der Waals surface area contributed by atoms with Crippen LogP contribution in [0.4, 0.5) is 5.69 Å². The van der Waals surface area contributed by atoms with E-state index in [1.807, 2.05) is 18.2 Å². The van der Waals surface area contributed by atoms with Gasteiger partial charge in [0, 0.05) is 64.3 Å². The first-order valence-electron chi connectivity index (χ1n) is 10.3. The van der Waals surface area contributed by atoms with Gasteiger partial charge < -0.3 is 15.1 Å². The molecule has 0 bridgehead atoms. The minimum absolute atomic E-state index is 0.0270. The molecule has 2 saturated heterocycles. The van der Waals surface area contributed by atoms with Gasteiger partial charge in [0.25, 0.3) is 5.91 Å². The van der Waals surface area contributed by atoms with Gasteiger partial charge in [0.2, 0.25) is 5.91 Å². The predicted molar refractivity (Wildman–Crippen MR) is 127 cm³/mol. The Hall–Kier alpha value is -2.64. The number of nitrogens with zero attached hydrogens (tertiary/aromatic N) is 4. The van der Waals surface area contributed by atoms with Gasteiger partial charge in [0.05, 0.1) is 29.6 Å². The molecule has 2 aromatic rings. The molecule has 8 nitrogen and oxygen atoms in total. The molecular formula is C22H25N5O3S2. The van der Waals surface area contributed by atoms with E-state index in [1.54, 1.807) is 18.5 Å². The lowest BCUT2D eigenvalue weighted by Gasteiger charge is -2.49. The van der Waals surface area contributed by atoms with Crippen molar-refractivity contribution < 1.29 is 13.8 Å². The Labute approximate surface area is 193 Å². The Kier molecular flexibility index (Phi) is 6.40. The zero-order valence-electron chi connectivity index (χ0n) is 18.0. The SMILES string of the molecule is CS(=O)CC1(C)CN(c2ccc3nccc(C(=O)NCC(=O)N4CSCC4C#N)c3c2)C1. The van der Waals surface area contributed by atoms with Crippen LogP contribution in [0.15, 0.2) is 30.5 Å². The van der Waals surface area contributed by atoms with Crippen LogP contribution in [0.5, 0.6) is 0 Å². The second kappa shape index (κ2) is 9.08. The Morgan fingerprint density at radius 1 is 1.38 bits per heavy atom. The second-order valence-electron chi connectivity index (χ2n) is 8.64. The van der Waals surface area contributed by atoms with Gasteiger partial charge in [-0.25, -0.2) is 0 Å². The second-order valence-corrected chi connectivity index (χ2v) is 11.1. The highest BCUT2D eigenvalue weighted by Crippen LogP contribution is 2.36. The number of carbonyl (C=O) groups is 2. The molecule has 2 unspecified atom stereocenters. The first-order chi connectivity index (χ1) is 15.3. The maximum absolute atomic E-state index is 12.9. The summed E-state index contributed by atoms with van der Waals surface area (Å²) in [5.41, 5.74) is 2.17. The molecule has 1 aromatic carbocycles. The smallest absolute Gasteiger partial charge is 0.252 e. The fourth-order valence-corrected chi connectivity index (χ4v) is 6.58. The van der Waals surface area contributed by atoms with E-state index in [0.717, 1.165) is 18.8 Å². The first-order valence-corrected chi connectivity index (χ1v) is 13.2. The maximum atomic E-state index is 12.9. The van der Waals surface area contributed by atoms with Gasteiger partial charge >= 0.3 is 0 Å². The molecule has 168 valence electrons. The summed E-state index contributed by atoms with van der Waals surface area (Å²) in [6.07, 6.45) is 3.31. The molecule has 2 amide bonds. The fraction of sp³-hybridized carbons (Fsp3) is 0.455. The summed E-state index contributed by atoms with van der Waals surface area (Å²) in [4.78, 5) is 33.4. The van der Waals surface area contributed by atoms with E-state index < -0.39 is 16.8 Å². The van der Waals surface area contributed by atoms with Crippen LogP contribution < -0.4 is 10.2 Å². The molecule has 0 radical (unpaired) electrons. The highest BCUT2D eigenvalue weighted by atomic mass is 32.2. The Morgan fingerprint density at radius 3 is 2.88 bits per heavy atom. The van der Waals surface area contributed by atoms with Crippen molar-refractivity contribution in [2.45, 2.75) is 13.0 Å². The van der Waals surface area contributed by atoms with E-state index in [0.29, 0.717) is 33.8 Å². The lowest BCUT2D eigenvalue weighted by Crippen LogP contribution is -2.57. The summed E-state index contributed by atoms with van der Waals surface area (Å²) in [5, 5.41) is 12.6. The van der Waals surface area contributed by atoms with Crippen LogP contribution in [0, 0.1) is 16.7 Å². The van der Waals surface area contributed by atoms with E-state index in [1.165, 1.54) is 16.7 Å². The van der Waals surface area contributed by atoms with Crippen molar-refractivity contribution in [3.8, 4) is 6.07 Å². The number of carbonyl (C=O) groups excluding carboxylic acids is 2. The molecular weight excluding hydrogens is 446 g/mol. The summed E-state index contributed by atoms with van der Waals surface area (Å²) in [5.74, 6) is 1.12. The lowest BCUT2D eigenvalue weighted by atomic mass is 9.83. The van der Waals surface area contributed by atoms with Gasteiger partial charge in [-0.3, -0.25) is 18.8 Å². The van der Waals surface area contributed by atoms with E-state index in [2.05, 4.69) is 28.2 Å². The molecule has 0 spiro atoms. The lowest BCUT2D eigenvalue weighted by molar-refractivity contribution is -0.129. The van der Waals surface area contributed by atoms with Crippen molar-refractivity contribution in [3.05, 3.63) is 36.0 Å². The Bertz CT molecular complexity index is 1130. The third-order valence-electron chi connectivity index (χ3n) is 5.78. The number of anilines is 1. The molecule has 2 fully saturated rings. The number of aromatic nitrogens is 1. The van der Waals surface area contributed by atoms with Crippen molar-refractivity contribution in [1.29, 1.82) is 5.26 Å². The highest BCUT2D eigenvalue weighted by Gasteiger charge is 2.39. The molecule has 0 saturated carbocycles. The van der Waals surface area contributed by atoms with Gasteiger partial charge in [0.15, 0.2) is 0 Å². The van der Waals surface area contributed by atoms with Crippen LogP contribution in [-0.2, 0) is 15.6 Å². The highest BCUT2D eigenvalue weighted by molar-refractivity contribution is 7.99. The normalized spacial score (nSPS) is 20.5. The molecule has 1 aromatic heterocycles. The summed E-state index contributed by atoms with van der Waals surface area (Å²) in [7, 11) is -0.837. The minimum Gasteiger partial charge on any atom is -0.370 e. The Balaban J connectivity index is 1.47. The number of amides is 2. The number of rotatable bonds is 6. The quantitative estimate of drug-likeness (QED) is 0.682. The molecule has 4 rings (SSSR count).